The first-order chi connectivity index (χ1) is 12.6. The van der Waals surface area contributed by atoms with Gasteiger partial charge in [0.2, 0.25) is 5.91 Å². The fraction of sp³-hybridized carbons (Fsp3) is 0.200. The summed E-state index contributed by atoms with van der Waals surface area (Å²) in [5.74, 6) is -0.710. The molecule has 0 saturated heterocycles. The van der Waals surface area contributed by atoms with Crippen LogP contribution in [-0.4, -0.2) is 25.6 Å². The first-order valence-electron chi connectivity index (χ1n) is 8.21. The summed E-state index contributed by atoms with van der Waals surface area (Å²) in [6, 6.07) is 12.9. The van der Waals surface area contributed by atoms with Crippen LogP contribution in [-0.2, 0) is 14.3 Å². The molecule has 2 aromatic rings. The van der Waals surface area contributed by atoms with Crippen molar-refractivity contribution in [2.45, 2.75) is 12.3 Å². The van der Waals surface area contributed by atoms with E-state index in [-0.39, 0.29) is 30.7 Å². The predicted octanol–water partition coefficient (Wildman–Crippen LogP) is 3.17. The maximum Gasteiger partial charge on any atom is 0.336 e. The summed E-state index contributed by atoms with van der Waals surface area (Å²) >= 11 is 0. The molecule has 1 amide bonds. The molecule has 132 valence electrons. The Bertz CT molecular complexity index is 920. The maximum atomic E-state index is 13.2. The average Bonchev–Trinajstić information content (AvgIpc) is 3.04. The van der Waals surface area contributed by atoms with Crippen molar-refractivity contribution in [3.8, 4) is 5.75 Å². The lowest BCUT2D eigenvalue weighted by atomic mass is 9.84. The van der Waals surface area contributed by atoms with E-state index in [1.54, 1.807) is 13.2 Å². The van der Waals surface area contributed by atoms with Crippen LogP contribution < -0.4 is 9.64 Å². The van der Waals surface area contributed by atoms with Gasteiger partial charge in [0.25, 0.3) is 0 Å². The van der Waals surface area contributed by atoms with Crippen molar-refractivity contribution in [3.05, 3.63) is 71.2 Å². The highest BCUT2D eigenvalue weighted by Crippen LogP contribution is 2.42. The third-order valence-corrected chi connectivity index (χ3v) is 4.70. The summed E-state index contributed by atoms with van der Waals surface area (Å²) in [6.45, 7) is 0.0255. The standard InChI is InChI=1S/C20H16FNO4/c1-25-15-4-2-3-12(9-15)16-10-18(23)22(14-7-5-13(21)6-8-14)17-11-26-20(24)19(16)17/h2-9,16H,10-11H2,1H3/t16-/m0/s1. The normalized spacial score (nSPS) is 19.5. The van der Waals surface area contributed by atoms with Crippen LogP contribution in [0.5, 0.6) is 5.75 Å². The van der Waals surface area contributed by atoms with Gasteiger partial charge in [0.15, 0.2) is 0 Å². The smallest absolute Gasteiger partial charge is 0.336 e. The highest BCUT2D eigenvalue weighted by atomic mass is 19.1. The molecule has 0 bridgehead atoms. The Morgan fingerprint density at radius 2 is 1.92 bits per heavy atom. The number of methoxy groups -OCH3 is 1. The molecule has 1 atom stereocenters. The molecule has 0 saturated carbocycles. The van der Waals surface area contributed by atoms with Gasteiger partial charge < -0.3 is 9.47 Å². The Kier molecular flexibility index (Phi) is 3.95. The predicted molar refractivity (Wildman–Crippen MR) is 92.2 cm³/mol. The average molecular weight is 353 g/mol. The van der Waals surface area contributed by atoms with Gasteiger partial charge in [-0.25, -0.2) is 9.18 Å². The van der Waals surface area contributed by atoms with E-state index in [0.717, 1.165) is 5.56 Å². The fourth-order valence-electron chi connectivity index (χ4n) is 3.49. The van der Waals surface area contributed by atoms with Crippen LogP contribution in [0.3, 0.4) is 0 Å². The van der Waals surface area contributed by atoms with E-state index in [9.17, 15) is 14.0 Å². The van der Waals surface area contributed by atoms with Crippen LogP contribution in [0.2, 0.25) is 0 Å². The van der Waals surface area contributed by atoms with E-state index in [0.29, 0.717) is 22.7 Å². The zero-order valence-electron chi connectivity index (χ0n) is 14.1. The summed E-state index contributed by atoms with van der Waals surface area (Å²) in [5, 5.41) is 0. The monoisotopic (exact) mass is 353 g/mol. The molecule has 0 spiro atoms. The number of carbonyl (C=O) groups excluding carboxylic acids is 2. The lowest BCUT2D eigenvalue weighted by molar-refractivity contribution is -0.136. The number of anilines is 1. The summed E-state index contributed by atoms with van der Waals surface area (Å²) < 4.78 is 23.7. The lowest BCUT2D eigenvalue weighted by Gasteiger charge is -2.32. The SMILES string of the molecule is COc1cccc([C@@H]2CC(=O)N(c3ccc(F)cc3)C3=C2C(=O)OC3)c1. The quantitative estimate of drug-likeness (QED) is 0.796. The van der Waals surface area contributed by atoms with Gasteiger partial charge in [0.1, 0.15) is 18.2 Å². The van der Waals surface area contributed by atoms with Crippen LogP contribution in [0.25, 0.3) is 0 Å². The van der Waals surface area contributed by atoms with E-state index >= 15 is 0 Å². The van der Waals surface area contributed by atoms with Crippen molar-refractivity contribution in [2.24, 2.45) is 0 Å². The number of ether oxygens (including phenoxy) is 2. The van der Waals surface area contributed by atoms with Crippen molar-refractivity contribution in [1.29, 1.82) is 0 Å². The summed E-state index contributed by atoms with van der Waals surface area (Å²) in [6.07, 6.45) is 0.123. The number of rotatable bonds is 3. The second-order valence-corrected chi connectivity index (χ2v) is 6.18. The molecule has 5 nitrogen and oxygen atoms in total. The number of nitrogens with zero attached hydrogens (tertiary/aromatic N) is 1. The van der Waals surface area contributed by atoms with Gasteiger partial charge in [0.05, 0.1) is 18.4 Å². The van der Waals surface area contributed by atoms with E-state index < -0.39 is 5.97 Å². The number of halogens is 1. The molecule has 0 fully saturated rings. The van der Waals surface area contributed by atoms with Gasteiger partial charge in [-0.15, -0.1) is 0 Å². The minimum absolute atomic E-state index is 0.0255. The number of esters is 1. The largest absolute Gasteiger partial charge is 0.497 e. The van der Waals surface area contributed by atoms with E-state index in [1.807, 2.05) is 18.2 Å². The molecule has 0 unspecified atom stereocenters. The van der Waals surface area contributed by atoms with Gasteiger partial charge in [0, 0.05) is 18.0 Å². The minimum atomic E-state index is -0.424. The maximum absolute atomic E-state index is 13.2. The summed E-state index contributed by atoms with van der Waals surface area (Å²) in [7, 11) is 1.57. The Morgan fingerprint density at radius 1 is 1.15 bits per heavy atom. The molecule has 0 N–H and O–H groups in total. The number of amides is 1. The van der Waals surface area contributed by atoms with Crippen molar-refractivity contribution in [1.82, 2.24) is 0 Å². The second kappa shape index (κ2) is 6.29. The molecule has 2 heterocycles. The van der Waals surface area contributed by atoms with Crippen molar-refractivity contribution < 1.29 is 23.5 Å². The third-order valence-electron chi connectivity index (χ3n) is 4.70. The number of carbonyl (C=O) groups is 2. The van der Waals surface area contributed by atoms with E-state index in [2.05, 4.69) is 0 Å². The molecule has 4 rings (SSSR count). The number of benzene rings is 2. The zero-order valence-corrected chi connectivity index (χ0v) is 14.1. The Labute approximate surface area is 149 Å². The summed E-state index contributed by atoms with van der Waals surface area (Å²) in [4.78, 5) is 26.7. The Hall–Kier alpha value is -3.15. The molecule has 0 radical (unpaired) electrons. The number of hydrogen-bond acceptors (Lipinski definition) is 4. The third kappa shape index (κ3) is 2.63. The lowest BCUT2D eigenvalue weighted by Crippen LogP contribution is -2.37. The molecule has 2 aromatic carbocycles. The van der Waals surface area contributed by atoms with Crippen LogP contribution in [0.4, 0.5) is 10.1 Å². The van der Waals surface area contributed by atoms with Gasteiger partial charge in [-0.05, 0) is 42.0 Å². The molecule has 0 aromatic heterocycles. The molecule has 6 heteroatoms. The first kappa shape index (κ1) is 16.3. The van der Waals surface area contributed by atoms with Crippen LogP contribution in [0, 0.1) is 5.82 Å². The molecular weight excluding hydrogens is 337 g/mol. The minimum Gasteiger partial charge on any atom is -0.497 e. The van der Waals surface area contributed by atoms with Crippen molar-refractivity contribution >= 4 is 17.6 Å². The van der Waals surface area contributed by atoms with Crippen LogP contribution in [0.1, 0.15) is 17.9 Å². The van der Waals surface area contributed by atoms with Gasteiger partial charge in [-0.1, -0.05) is 12.1 Å². The Balaban J connectivity index is 1.81. The first-order valence-corrected chi connectivity index (χ1v) is 8.21. The van der Waals surface area contributed by atoms with Gasteiger partial charge in [-0.2, -0.15) is 0 Å². The molecular formula is C20H16FNO4. The van der Waals surface area contributed by atoms with E-state index in [4.69, 9.17) is 9.47 Å². The number of hydrogen-bond donors (Lipinski definition) is 0. The molecule has 0 aliphatic carbocycles. The molecule has 2 aliphatic heterocycles. The zero-order chi connectivity index (χ0) is 18.3. The topological polar surface area (TPSA) is 55.8 Å². The highest BCUT2D eigenvalue weighted by Gasteiger charge is 2.43. The molecule has 2 aliphatic rings. The van der Waals surface area contributed by atoms with E-state index in [1.165, 1.54) is 29.2 Å². The van der Waals surface area contributed by atoms with Crippen LogP contribution in [0.15, 0.2) is 59.8 Å². The Morgan fingerprint density at radius 3 is 2.65 bits per heavy atom. The molecule has 26 heavy (non-hydrogen) atoms. The highest BCUT2D eigenvalue weighted by molar-refractivity contribution is 6.06. The van der Waals surface area contributed by atoms with Crippen molar-refractivity contribution in [2.75, 3.05) is 18.6 Å². The van der Waals surface area contributed by atoms with Crippen LogP contribution >= 0.6 is 0 Å². The van der Waals surface area contributed by atoms with Gasteiger partial charge in [-0.3, -0.25) is 9.69 Å². The number of cyclic esters (lactones) is 1. The fourth-order valence-corrected chi connectivity index (χ4v) is 3.49. The summed E-state index contributed by atoms with van der Waals surface area (Å²) in [5.41, 5.74) is 2.34. The van der Waals surface area contributed by atoms with Crippen molar-refractivity contribution in [3.63, 3.8) is 0 Å². The second-order valence-electron chi connectivity index (χ2n) is 6.18. The van der Waals surface area contributed by atoms with Gasteiger partial charge >= 0.3 is 5.97 Å².